The molecule has 1 rings (SSSR count). The fraction of sp³-hybridized carbons (Fsp3) is 0.400. The molecule has 0 fully saturated rings. The van der Waals surface area contributed by atoms with Gasteiger partial charge in [0.1, 0.15) is 18.2 Å². The van der Waals surface area contributed by atoms with Crippen LogP contribution in [-0.4, -0.2) is 17.8 Å². The van der Waals surface area contributed by atoms with Crippen molar-refractivity contribution in [2.24, 2.45) is 0 Å². The predicted octanol–water partition coefficient (Wildman–Crippen LogP) is 1.98. The van der Waals surface area contributed by atoms with Gasteiger partial charge >= 0.3 is 0 Å². The number of hydrogen-bond acceptors (Lipinski definition) is 2. The highest BCUT2D eigenvalue weighted by molar-refractivity contribution is 5.22. The van der Waals surface area contributed by atoms with Gasteiger partial charge in [0.2, 0.25) is 0 Å². The van der Waals surface area contributed by atoms with Crippen molar-refractivity contribution in [1.82, 2.24) is 0 Å². The molecule has 0 aliphatic rings. The Hall–Kier alpha value is -1.09. The molecule has 1 unspecified atom stereocenters. The summed E-state index contributed by atoms with van der Waals surface area (Å²) in [6, 6.07) is 5.87. The molecule has 13 heavy (non-hydrogen) atoms. The summed E-state index contributed by atoms with van der Waals surface area (Å²) >= 11 is 0. The summed E-state index contributed by atoms with van der Waals surface area (Å²) in [7, 11) is 0. The maximum Gasteiger partial charge on any atom is 0.126 e. The molecule has 1 atom stereocenters. The van der Waals surface area contributed by atoms with Gasteiger partial charge < -0.3 is 9.84 Å². The molecule has 0 saturated heterocycles. The molecular weight excluding hydrogens is 171 g/mol. The van der Waals surface area contributed by atoms with Crippen LogP contribution in [0.1, 0.15) is 13.3 Å². The average molecular weight is 184 g/mol. The van der Waals surface area contributed by atoms with Gasteiger partial charge in [0.25, 0.3) is 0 Å². The lowest BCUT2D eigenvalue weighted by molar-refractivity contribution is 0.104. The molecule has 1 N–H and O–H groups in total. The smallest absolute Gasteiger partial charge is 0.126 e. The van der Waals surface area contributed by atoms with Gasteiger partial charge in [-0.3, -0.25) is 0 Å². The molecule has 0 aliphatic carbocycles. The number of ether oxygens (including phenoxy) is 1. The molecule has 0 radical (unpaired) electrons. The third kappa shape index (κ3) is 3.42. The van der Waals surface area contributed by atoms with Gasteiger partial charge in [-0.2, -0.15) is 0 Å². The van der Waals surface area contributed by atoms with E-state index in [9.17, 15) is 4.39 Å². The van der Waals surface area contributed by atoms with Crippen LogP contribution < -0.4 is 4.74 Å². The first-order chi connectivity index (χ1) is 6.22. The van der Waals surface area contributed by atoms with Crippen LogP contribution in [0.15, 0.2) is 24.3 Å². The molecule has 1 aromatic rings. The lowest BCUT2D eigenvalue weighted by atomic mass is 10.3. The van der Waals surface area contributed by atoms with Crippen molar-refractivity contribution in [3.8, 4) is 5.75 Å². The minimum atomic E-state index is -0.483. The summed E-state index contributed by atoms with van der Waals surface area (Å²) in [4.78, 5) is 0. The summed E-state index contributed by atoms with van der Waals surface area (Å²) in [5, 5.41) is 9.17. The molecular formula is C10H13FO2. The third-order valence-corrected chi connectivity index (χ3v) is 1.71. The molecule has 72 valence electrons. The lowest BCUT2D eigenvalue weighted by Crippen LogP contribution is -2.15. The first-order valence-electron chi connectivity index (χ1n) is 4.28. The van der Waals surface area contributed by atoms with E-state index in [4.69, 9.17) is 9.84 Å². The normalized spacial score (nSPS) is 12.5. The van der Waals surface area contributed by atoms with Gasteiger partial charge in [-0.25, -0.2) is 4.39 Å². The summed E-state index contributed by atoms with van der Waals surface area (Å²) in [5.41, 5.74) is 0. The van der Waals surface area contributed by atoms with Crippen LogP contribution in [0.5, 0.6) is 5.75 Å². The van der Waals surface area contributed by atoms with Crippen LogP contribution in [0.3, 0.4) is 0 Å². The Morgan fingerprint density at radius 1 is 1.54 bits per heavy atom. The van der Waals surface area contributed by atoms with Crippen LogP contribution in [0.2, 0.25) is 0 Å². The van der Waals surface area contributed by atoms with E-state index in [0.717, 1.165) is 0 Å². The average Bonchev–Trinajstić information content (AvgIpc) is 2.14. The minimum absolute atomic E-state index is 0.208. The van der Waals surface area contributed by atoms with E-state index in [1.54, 1.807) is 12.1 Å². The summed E-state index contributed by atoms with van der Waals surface area (Å²) in [5.74, 6) is 0.121. The number of halogens is 1. The molecule has 0 bridgehead atoms. The number of rotatable bonds is 4. The second kappa shape index (κ2) is 4.82. The van der Waals surface area contributed by atoms with Crippen LogP contribution in [0.25, 0.3) is 0 Å². The monoisotopic (exact) mass is 184 g/mol. The molecule has 0 aromatic heterocycles. The van der Waals surface area contributed by atoms with Crippen molar-refractivity contribution in [3.63, 3.8) is 0 Å². The number of benzene rings is 1. The first-order valence-corrected chi connectivity index (χ1v) is 4.28. The molecule has 0 spiro atoms. The van der Waals surface area contributed by atoms with E-state index in [-0.39, 0.29) is 12.4 Å². The minimum Gasteiger partial charge on any atom is -0.491 e. The maximum absolute atomic E-state index is 12.6. The van der Waals surface area contributed by atoms with E-state index in [1.165, 1.54) is 12.1 Å². The van der Waals surface area contributed by atoms with E-state index in [0.29, 0.717) is 12.2 Å². The zero-order valence-electron chi connectivity index (χ0n) is 7.53. The van der Waals surface area contributed by atoms with Crippen LogP contribution in [-0.2, 0) is 0 Å². The van der Waals surface area contributed by atoms with E-state index in [1.807, 2.05) is 6.92 Å². The summed E-state index contributed by atoms with van der Waals surface area (Å²) in [6.45, 7) is 2.07. The fourth-order valence-corrected chi connectivity index (χ4v) is 0.867. The third-order valence-electron chi connectivity index (χ3n) is 1.71. The Kier molecular flexibility index (Phi) is 3.71. The zero-order valence-corrected chi connectivity index (χ0v) is 7.53. The Balaban J connectivity index is 2.45. The topological polar surface area (TPSA) is 29.5 Å². The van der Waals surface area contributed by atoms with Crippen molar-refractivity contribution in [2.75, 3.05) is 6.61 Å². The Bertz CT molecular complexity index is 263. The summed E-state index contributed by atoms with van der Waals surface area (Å²) in [6.07, 6.45) is 0.151. The predicted molar refractivity (Wildman–Crippen MR) is 48.2 cm³/mol. The number of aliphatic hydroxyl groups excluding tert-OH is 1. The second-order valence-corrected chi connectivity index (χ2v) is 2.83. The number of hydrogen-bond donors (Lipinski definition) is 1. The van der Waals surface area contributed by atoms with Gasteiger partial charge in [-0.15, -0.1) is 0 Å². The highest BCUT2D eigenvalue weighted by Crippen LogP contribution is 2.12. The zero-order chi connectivity index (χ0) is 9.68. The Labute approximate surface area is 77.0 Å². The maximum atomic E-state index is 12.6. The molecule has 2 nitrogen and oxygen atoms in total. The quantitative estimate of drug-likeness (QED) is 0.775. The van der Waals surface area contributed by atoms with Crippen molar-refractivity contribution in [1.29, 1.82) is 0 Å². The Morgan fingerprint density at radius 3 is 2.92 bits per heavy atom. The molecule has 0 aliphatic heterocycles. The highest BCUT2D eigenvalue weighted by atomic mass is 19.1. The van der Waals surface area contributed by atoms with E-state index in [2.05, 4.69) is 0 Å². The molecule has 0 saturated carbocycles. The van der Waals surface area contributed by atoms with Gasteiger partial charge in [0.05, 0.1) is 6.10 Å². The molecule has 3 heteroatoms. The van der Waals surface area contributed by atoms with Crippen LogP contribution in [0, 0.1) is 5.82 Å². The van der Waals surface area contributed by atoms with Crippen molar-refractivity contribution >= 4 is 0 Å². The standard InChI is InChI=1S/C10H13FO2/c1-2-9(12)7-13-10-5-3-4-8(11)6-10/h3-6,9,12H,2,7H2,1H3. The van der Waals surface area contributed by atoms with Crippen LogP contribution >= 0.6 is 0 Å². The fourth-order valence-electron chi connectivity index (χ4n) is 0.867. The molecule has 1 aromatic carbocycles. The van der Waals surface area contributed by atoms with Crippen molar-refractivity contribution in [3.05, 3.63) is 30.1 Å². The highest BCUT2D eigenvalue weighted by Gasteiger charge is 2.01. The van der Waals surface area contributed by atoms with Crippen molar-refractivity contribution in [2.45, 2.75) is 19.4 Å². The van der Waals surface area contributed by atoms with Gasteiger partial charge in [0, 0.05) is 6.07 Å². The van der Waals surface area contributed by atoms with Crippen LogP contribution in [0.4, 0.5) is 4.39 Å². The lowest BCUT2D eigenvalue weighted by Gasteiger charge is -2.09. The second-order valence-electron chi connectivity index (χ2n) is 2.83. The van der Waals surface area contributed by atoms with Gasteiger partial charge in [0.15, 0.2) is 0 Å². The van der Waals surface area contributed by atoms with Gasteiger partial charge in [-0.05, 0) is 18.6 Å². The molecule has 0 amide bonds. The molecule has 0 heterocycles. The van der Waals surface area contributed by atoms with Gasteiger partial charge in [-0.1, -0.05) is 13.0 Å². The van der Waals surface area contributed by atoms with Crippen molar-refractivity contribution < 1.29 is 14.2 Å². The summed E-state index contributed by atoms with van der Waals surface area (Å²) < 4.78 is 17.8. The SMILES string of the molecule is CCC(O)COc1cccc(F)c1. The van der Waals surface area contributed by atoms with E-state index >= 15 is 0 Å². The van der Waals surface area contributed by atoms with E-state index < -0.39 is 6.10 Å². The number of aliphatic hydroxyl groups is 1. The first kappa shape index (κ1) is 9.99. The largest absolute Gasteiger partial charge is 0.491 e. The Morgan fingerprint density at radius 2 is 2.31 bits per heavy atom.